The van der Waals surface area contributed by atoms with Crippen molar-refractivity contribution in [1.29, 1.82) is 0 Å². The molecule has 0 unspecified atom stereocenters. The zero-order valence-corrected chi connectivity index (χ0v) is 36.6. The van der Waals surface area contributed by atoms with E-state index >= 15 is 0 Å². The summed E-state index contributed by atoms with van der Waals surface area (Å²) < 4.78 is 14.3. The van der Waals surface area contributed by atoms with Crippen molar-refractivity contribution in [2.75, 3.05) is 23.4 Å². The maximum absolute atomic E-state index is 14.6. The lowest BCUT2D eigenvalue weighted by Gasteiger charge is -2.44. The first kappa shape index (κ1) is 41.2. The highest BCUT2D eigenvalue weighted by atomic mass is 28.4. The molecule has 2 saturated heterocycles. The van der Waals surface area contributed by atoms with E-state index in [9.17, 15) is 14.7 Å². The quantitative estimate of drug-likeness (QED) is 0.0741. The Balaban J connectivity index is 1.13. The molecule has 3 aliphatic rings. The molecular weight excluding hydrogens is 761 g/mol. The number of nitrogens with zero attached hydrogens (tertiary/aromatic N) is 1. The van der Waals surface area contributed by atoms with Gasteiger partial charge in [0, 0.05) is 17.3 Å². The first-order chi connectivity index (χ1) is 28.9. The van der Waals surface area contributed by atoms with Crippen LogP contribution in [-0.2, 0) is 18.8 Å². The predicted molar refractivity (Wildman–Crippen MR) is 245 cm³/mol. The zero-order valence-electron chi connectivity index (χ0n) is 35.6. The van der Waals surface area contributed by atoms with Crippen LogP contribution in [0.15, 0.2) is 144 Å². The molecule has 5 aromatic carbocycles. The third-order valence-corrected chi connectivity index (χ3v) is 17.8. The van der Waals surface area contributed by atoms with E-state index < -0.39 is 20.2 Å². The summed E-state index contributed by atoms with van der Waals surface area (Å²) in [6, 6.07) is 42.8. The Kier molecular flexibility index (Phi) is 11.6. The summed E-state index contributed by atoms with van der Waals surface area (Å²) in [5, 5.41) is 15.9. The Morgan fingerprint density at radius 1 is 0.817 bits per heavy atom. The lowest BCUT2D eigenvalue weighted by atomic mass is 9.69. The SMILES string of the molecule is C/C(=C\c1cc(C)c(O)c(C)c1)CC[C@H]1OC[C@H]2C1=C(CO[Si](c1ccccc1)(c1ccccc1)C(C)(C)C)C[C@H]1C(=O)N(c3ccc(Nc4ccccc4)cc3)C(=O)[C@H]12. The van der Waals surface area contributed by atoms with Crippen LogP contribution >= 0.6 is 0 Å². The second kappa shape index (κ2) is 16.8. The van der Waals surface area contributed by atoms with E-state index in [0.29, 0.717) is 31.1 Å². The summed E-state index contributed by atoms with van der Waals surface area (Å²) in [5.41, 5.74) is 8.63. The Labute approximate surface area is 355 Å². The summed E-state index contributed by atoms with van der Waals surface area (Å²) in [6.45, 7) is 13.6. The number of carbonyl (C=O) groups is 2. The fourth-order valence-electron chi connectivity index (χ4n) is 9.99. The number of phenols is 1. The average Bonchev–Trinajstić information content (AvgIpc) is 3.77. The number of phenolic OH excluding ortho intramolecular Hbond substituents is 1. The summed E-state index contributed by atoms with van der Waals surface area (Å²) in [6.07, 6.45) is 3.96. The highest BCUT2D eigenvalue weighted by Gasteiger charge is 2.58. The molecule has 7 nitrogen and oxygen atoms in total. The van der Waals surface area contributed by atoms with Crippen molar-refractivity contribution in [2.24, 2.45) is 17.8 Å². The van der Waals surface area contributed by atoms with Crippen molar-refractivity contribution in [3.63, 3.8) is 0 Å². The normalized spacial score (nSPS) is 20.7. The monoisotopic (exact) mass is 816 g/mol. The fraction of sp³-hybridized carbons (Fsp3) is 0.308. The van der Waals surface area contributed by atoms with E-state index in [-0.39, 0.29) is 28.9 Å². The molecule has 0 aromatic heterocycles. The number of nitrogens with one attached hydrogen (secondary N) is 1. The number of anilines is 3. The molecule has 0 saturated carbocycles. The van der Waals surface area contributed by atoms with Gasteiger partial charge in [0.2, 0.25) is 11.8 Å². The number of para-hydroxylation sites is 1. The van der Waals surface area contributed by atoms with E-state index in [4.69, 9.17) is 9.16 Å². The second-order valence-electron chi connectivity index (χ2n) is 17.9. The Bertz CT molecular complexity index is 2360. The van der Waals surface area contributed by atoms with Gasteiger partial charge < -0.3 is 19.6 Å². The third kappa shape index (κ3) is 7.80. The summed E-state index contributed by atoms with van der Waals surface area (Å²) >= 11 is 0. The minimum Gasteiger partial charge on any atom is -0.507 e. The highest BCUT2D eigenvalue weighted by molar-refractivity contribution is 6.99. The molecule has 5 aromatic rings. The van der Waals surface area contributed by atoms with Crippen LogP contribution in [0, 0.1) is 31.6 Å². The Hall–Kier alpha value is -5.54. The van der Waals surface area contributed by atoms with Crippen LogP contribution in [0.2, 0.25) is 5.04 Å². The number of fused-ring (bicyclic) bond motifs is 3. The maximum Gasteiger partial charge on any atom is 0.261 e. The second-order valence-corrected chi connectivity index (χ2v) is 22.2. The smallest absolute Gasteiger partial charge is 0.261 e. The van der Waals surface area contributed by atoms with Gasteiger partial charge in [0.15, 0.2) is 0 Å². The number of aromatic hydroxyl groups is 1. The van der Waals surface area contributed by atoms with Crippen LogP contribution in [-0.4, -0.2) is 44.6 Å². The van der Waals surface area contributed by atoms with Gasteiger partial charge in [0.25, 0.3) is 8.32 Å². The topological polar surface area (TPSA) is 88.1 Å². The van der Waals surface area contributed by atoms with E-state index in [1.165, 1.54) is 20.8 Å². The number of imide groups is 1. The zero-order chi connectivity index (χ0) is 42.2. The van der Waals surface area contributed by atoms with Gasteiger partial charge in [-0.25, -0.2) is 0 Å². The number of hydrogen-bond donors (Lipinski definition) is 2. The van der Waals surface area contributed by atoms with Gasteiger partial charge in [-0.1, -0.05) is 111 Å². The molecule has 2 fully saturated rings. The maximum atomic E-state index is 14.6. The molecule has 4 atom stereocenters. The molecule has 60 heavy (non-hydrogen) atoms. The van der Waals surface area contributed by atoms with Crippen molar-refractivity contribution in [3.05, 3.63) is 161 Å². The van der Waals surface area contributed by atoms with Crippen LogP contribution in [0.3, 0.4) is 0 Å². The summed E-state index contributed by atoms with van der Waals surface area (Å²) in [5.74, 6) is -1.20. The fourth-order valence-corrected chi connectivity index (χ4v) is 14.5. The van der Waals surface area contributed by atoms with E-state index in [1.54, 1.807) is 0 Å². The number of rotatable bonds is 12. The molecule has 2 amide bonds. The number of benzene rings is 5. The van der Waals surface area contributed by atoms with Crippen LogP contribution in [0.5, 0.6) is 5.75 Å². The molecule has 0 spiro atoms. The van der Waals surface area contributed by atoms with Gasteiger partial charge in [-0.15, -0.1) is 0 Å². The van der Waals surface area contributed by atoms with Gasteiger partial charge in [-0.2, -0.15) is 0 Å². The molecule has 0 bridgehead atoms. The Morgan fingerprint density at radius 3 is 1.97 bits per heavy atom. The van der Waals surface area contributed by atoms with Crippen molar-refractivity contribution < 1.29 is 23.9 Å². The lowest BCUT2D eigenvalue weighted by molar-refractivity contribution is -0.122. The van der Waals surface area contributed by atoms with Gasteiger partial charge in [0.1, 0.15) is 5.75 Å². The average molecular weight is 817 g/mol. The van der Waals surface area contributed by atoms with Crippen molar-refractivity contribution in [1.82, 2.24) is 0 Å². The number of allylic oxidation sites excluding steroid dienone is 1. The number of ether oxygens (including phenoxy) is 1. The standard InChI is InChI=1S/C52H56N2O5Si/c1-34(28-37-29-35(2)49(55)36(3)30-37)22-27-46-47-38(32-59-60(52(4,5)6,42-18-12-8-13-19-42)43-20-14-9-15-21-43)31-44-48(45(47)33-58-46)51(57)54(50(44)56)41-25-23-40(24-26-41)53-39-16-10-7-11-17-39/h7-21,23-26,28-30,44-46,48,53,55H,22,27,31-33H2,1-6H3/b34-28+/t44-,45+,46-,48-/m1/s1. The molecule has 2 aliphatic heterocycles. The third-order valence-electron chi connectivity index (χ3n) is 12.8. The Morgan fingerprint density at radius 2 is 1.38 bits per heavy atom. The largest absolute Gasteiger partial charge is 0.507 e. The van der Waals surface area contributed by atoms with Crippen molar-refractivity contribution in [2.45, 2.75) is 71.9 Å². The van der Waals surface area contributed by atoms with E-state index in [1.807, 2.05) is 80.6 Å². The van der Waals surface area contributed by atoms with Crippen molar-refractivity contribution >= 4 is 53.6 Å². The number of hydrogen-bond acceptors (Lipinski definition) is 6. The van der Waals surface area contributed by atoms with Gasteiger partial charge in [-0.3, -0.25) is 14.5 Å². The predicted octanol–water partition coefficient (Wildman–Crippen LogP) is 10.0. The molecule has 0 radical (unpaired) electrons. The molecule has 308 valence electrons. The minimum absolute atomic E-state index is 0.151. The van der Waals surface area contributed by atoms with Crippen LogP contribution in [0.25, 0.3) is 6.08 Å². The summed E-state index contributed by atoms with van der Waals surface area (Å²) in [4.78, 5) is 30.6. The first-order valence-corrected chi connectivity index (χ1v) is 23.1. The number of carbonyl (C=O) groups excluding carboxylic acids is 2. The molecule has 2 N–H and O–H groups in total. The number of amides is 2. The molecule has 8 rings (SSSR count). The van der Waals surface area contributed by atoms with Gasteiger partial charge in [0.05, 0.1) is 36.8 Å². The van der Waals surface area contributed by atoms with Crippen molar-refractivity contribution in [3.8, 4) is 5.75 Å². The molecule has 2 heterocycles. The summed E-state index contributed by atoms with van der Waals surface area (Å²) in [7, 11) is -2.93. The number of aryl methyl sites for hydroxylation is 2. The first-order valence-electron chi connectivity index (χ1n) is 21.2. The molecular formula is C52H56N2O5Si. The molecule has 8 heteroatoms. The van der Waals surface area contributed by atoms with Crippen LogP contribution in [0.4, 0.5) is 17.1 Å². The van der Waals surface area contributed by atoms with E-state index in [2.05, 4.69) is 99.8 Å². The van der Waals surface area contributed by atoms with E-state index in [0.717, 1.165) is 52.1 Å². The van der Waals surface area contributed by atoms with Gasteiger partial charge >= 0.3 is 0 Å². The highest BCUT2D eigenvalue weighted by Crippen LogP contribution is 2.51. The lowest BCUT2D eigenvalue weighted by Crippen LogP contribution is -2.66. The van der Waals surface area contributed by atoms with Crippen LogP contribution in [0.1, 0.15) is 63.6 Å². The molecule has 1 aliphatic carbocycles. The van der Waals surface area contributed by atoms with Gasteiger partial charge in [-0.05, 0) is 132 Å². The minimum atomic E-state index is -2.93. The van der Waals surface area contributed by atoms with Crippen LogP contribution < -0.4 is 20.6 Å².